The number of alkyl halides is 3. The molecule has 186 valence electrons. The van der Waals surface area contributed by atoms with E-state index < -0.39 is 34.8 Å². The SMILES string of the molecule is CC(=O)NCc1cnc(N2CCN(c3ccc(F)c([S+](C)[O-])c3)CC2C(C)C)nc1C(F)(F)F. The molecule has 1 amide bonds. The van der Waals surface area contributed by atoms with Gasteiger partial charge in [0.15, 0.2) is 16.4 Å². The summed E-state index contributed by atoms with van der Waals surface area (Å²) in [6, 6.07) is 4.20. The molecule has 12 heteroatoms. The Labute approximate surface area is 198 Å². The quantitative estimate of drug-likeness (QED) is 0.483. The van der Waals surface area contributed by atoms with E-state index in [1.807, 2.05) is 18.7 Å². The van der Waals surface area contributed by atoms with Crippen LogP contribution in [0.2, 0.25) is 0 Å². The minimum Gasteiger partial charge on any atom is -0.612 e. The van der Waals surface area contributed by atoms with E-state index in [0.717, 1.165) is 6.20 Å². The largest absolute Gasteiger partial charge is 0.612 e. The highest BCUT2D eigenvalue weighted by atomic mass is 32.2. The number of rotatable bonds is 6. The molecule has 2 heterocycles. The second-order valence-corrected chi connectivity index (χ2v) is 9.82. The van der Waals surface area contributed by atoms with Crippen LogP contribution in [0.4, 0.5) is 29.2 Å². The summed E-state index contributed by atoms with van der Waals surface area (Å²) in [6.07, 6.45) is -2.20. The summed E-state index contributed by atoms with van der Waals surface area (Å²) < 4.78 is 67.0. The van der Waals surface area contributed by atoms with E-state index in [1.54, 1.807) is 17.0 Å². The van der Waals surface area contributed by atoms with Crippen LogP contribution in [0.1, 0.15) is 32.0 Å². The van der Waals surface area contributed by atoms with Crippen LogP contribution < -0.4 is 15.1 Å². The fraction of sp³-hybridized carbons (Fsp3) is 0.500. The molecule has 1 N–H and O–H groups in total. The van der Waals surface area contributed by atoms with Gasteiger partial charge in [-0.3, -0.25) is 4.79 Å². The van der Waals surface area contributed by atoms with Crippen molar-refractivity contribution >= 4 is 28.7 Å². The van der Waals surface area contributed by atoms with Crippen LogP contribution in [-0.2, 0) is 28.7 Å². The van der Waals surface area contributed by atoms with Crippen molar-refractivity contribution in [2.45, 2.75) is 44.4 Å². The Morgan fingerprint density at radius 2 is 2.03 bits per heavy atom. The summed E-state index contributed by atoms with van der Waals surface area (Å²) in [5.41, 5.74) is -0.596. The molecule has 0 bridgehead atoms. The molecule has 1 aliphatic rings. The summed E-state index contributed by atoms with van der Waals surface area (Å²) in [7, 11) is 0. The van der Waals surface area contributed by atoms with Crippen LogP contribution in [0.3, 0.4) is 0 Å². The van der Waals surface area contributed by atoms with Gasteiger partial charge in [0, 0.05) is 56.6 Å². The number of nitrogens with one attached hydrogen (secondary N) is 1. The summed E-state index contributed by atoms with van der Waals surface area (Å²) in [5.74, 6) is -0.994. The second-order valence-electron chi connectivity index (χ2n) is 8.47. The van der Waals surface area contributed by atoms with Crippen LogP contribution in [0, 0.1) is 11.7 Å². The molecule has 2 unspecified atom stereocenters. The topological polar surface area (TPSA) is 84.4 Å². The van der Waals surface area contributed by atoms with Crippen LogP contribution in [0.5, 0.6) is 0 Å². The first-order valence-electron chi connectivity index (χ1n) is 10.7. The number of hydrogen-bond acceptors (Lipinski definition) is 6. The Morgan fingerprint density at radius 1 is 1.32 bits per heavy atom. The van der Waals surface area contributed by atoms with Crippen molar-refractivity contribution in [3.8, 4) is 0 Å². The zero-order valence-electron chi connectivity index (χ0n) is 19.3. The highest BCUT2D eigenvalue weighted by Crippen LogP contribution is 2.33. The van der Waals surface area contributed by atoms with E-state index >= 15 is 0 Å². The minimum absolute atomic E-state index is 0.0355. The van der Waals surface area contributed by atoms with Gasteiger partial charge in [-0.25, -0.2) is 14.4 Å². The Morgan fingerprint density at radius 3 is 2.62 bits per heavy atom. The third-order valence-electron chi connectivity index (χ3n) is 5.68. The molecule has 1 aromatic heterocycles. The Balaban J connectivity index is 1.90. The van der Waals surface area contributed by atoms with E-state index in [4.69, 9.17) is 0 Å². The van der Waals surface area contributed by atoms with Crippen molar-refractivity contribution in [1.82, 2.24) is 15.3 Å². The summed E-state index contributed by atoms with van der Waals surface area (Å²) in [4.78, 5) is 23.0. The molecule has 0 radical (unpaired) electrons. The zero-order valence-corrected chi connectivity index (χ0v) is 20.1. The monoisotopic (exact) mass is 501 g/mol. The second kappa shape index (κ2) is 10.3. The van der Waals surface area contributed by atoms with Crippen LogP contribution in [0.15, 0.2) is 29.3 Å². The number of anilines is 2. The van der Waals surface area contributed by atoms with Gasteiger partial charge in [-0.15, -0.1) is 0 Å². The smallest absolute Gasteiger partial charge is 0.433 e. The molecule has 2 atom stereocenters. The fourth-order valence-corrected chi connectivity index (χ4v) is 4.53. The predicted octanol–water partition coefficient (Wildman–Crippen LogP) is 3.36. The van der Waals surface area contributed by atoms with E-state index in [1.165, 1.54) is 19.2 Å². The van der Waals surface area contributed by atoms with Gasteiger partial charge in [-0.05, 0) is 29.2 Å². The fourth-order valence-electron chi connectivity index (χ4n) is 3.90. The van der Waals surface area contributed by atoms with Crippen molar-refractivity contribution < 1.29 is 26.9 Å². The lowest BCUT2D eigenvalue weighted by molar-refractivity contribution is -0.142. The summed E-state index contributed by atoms with van der Waals surface area (Å²) in [5, 5.41) is 2.35. The predicted molar refractivity (Wildman–Crippen MR) is 121 cm³/mol. The number of carbonyl (C=O) groups excluding carboxylic acids is 1. The molecule has 2 aromatic rings. The summed E-state index contributed by atoms with van der Waals surface area (Å²) in [6.45, 7) is 6.02. The van der Waals surface area contributed by atoms with E-state index in [-0.39, 0.29) is 34.9 Å². The van der Waals surface area contributed by atoms with Gasteiger partial charge in [-0.1, -0.05) is 13.8 Å². The summed E-state index contributed by atoms with van der Waals surface area (Å²) >= 11 is -1.49. The van der Waals surface area contributed by atoms with Gasteiger partial charge >= 0.3 is 6.18 Å². The molecule has 1 aromatic carbocycles. The standard InChI is InChI=1S/C22H27F4N5O2S/c1-13(2)18-12-30(16-5-6-17(23)19(9-16)34(4)33)7-8-31(18)21-28-11-15(10-27-14(3)32)20(29-21)22(24,25)26/h5-6,9,11,13,18H,7-8,10,12H2,1-4H3,(H,27,32). The van der Waals surface area contributed by atoms with Gasteiger partial charge < -0.3 is 19.7 Å². The van der Waals surface area contributed by atoms with E-state index in [0.29, 0.717) is 25.3 Å². The third kappa shape index (κ3) is 5.90. The van der Waals surface area contributed by atoms with Crippen LogP contribution in [0.25, 0.3) is 0 Å². The number of amides is 1. The third-order valence-corrected chi connectivity index (χ3v) is 6.62. The van der Waals surface area contributed by atoms with Crippen molar-refractivity contribution in [1.29, 1.82) is 0 Å². The van der Waals surface area contributed by atoms with E-state index in [2.05, 4.69) is 15.3 Å². The first-order chi connectivity index (χ1) is 15.9. The number of hydrogen-bond donors (Lipinski definition) is 1. The van der Waals surface area contributed by atoms with Crippen molar-refractivity contribution in [3.05, 3.63) is 41.5 Å². The number of carbonyl (C=O) groups is 1. The average Bonchev–Trinajstić information content (AvgIpc) is 2.76. The average molecular weight is 502 g/mol. The molecule has 1 saturated heterocycles. The van der Waals surface area contributed by atoms with Gasteiger partial charge in [0.05, 0.1) is 6.04 Å². The Bertz CT molecular complexity index is 1030. The normalized spacial score (nSPS) is 17.8. The van der Waals surface area contributed by atoms with Gasteiger partial charge in [0.1, 0.15) is 6.26 Å². The zero-order chi connectivity index (χ0) is 25.2. The molecule has 34 heavy (non-hydrogen) atoms. The highest BCUT2D eigenvalue weighted by Gasteiger charge is 2.38. The van der Waals surface area contributed by atoms with Crippen molar-refractivity contribution in [2.75, 3.05) is 35.7 Å². The lowest BCUT2D eigenvalue weighted by Crippen LogP contribution is -2.56. The molecule has 3 rings (SSSR count). The van der Waals surface area contributed by atoms with Crippen LogP contribution in [-0.4, -0.2) is 52.4 Å². The Hall–Kier alpha value is -2.60. The molecule has 7 nitrogen and oxygen atoms in total. The number of piperazine rings is 1. The van der Waals surface area contributed by atoms with Gasteiger partial charge in [-0.2, -0.15) is 13.2 Å². The molecule has 0 spiro atoms. The highest BCUT2D eigenvalue weighted by molar-refractivity contribution is 7.90. The maximum absolute atomic E-state index is 14.0. The molecule has 0 saturated carbocycles. The van der Waals surface area contributed by atoms with Gasteiger partial charge in [0.2, 0.25) is 11.9 Å². The van der Waals surface area contributed by atoms with Crippen LogP contribution >= 0.6 is 0 Å². The van der Waals surface area contributed by atoms with E-state index in [9.17, 15) is 26.9 Å². The minimum atomic E-state index is -4.71. The number of aromatic nitrogens is 2. The van der Waals surface area contributed by atoms with Crippen molar-refractivity contribution in [3.63, 3.8) is 0 Å². The van der Waals surface area contributed by atoms with Gasteiger partial charge in [0.25, 0.3) is 0 Å². The number of halogens is 4. The molecular weight excluding hydrogens is 474 g/mol. The number of nitrogens with zero attached hydrogens (tertiary/aromatic N) is 4. The molecule has 0 aliphatic carbocycles. The maximum Gasteiger partial charge on any atom is 0.433 e. The lowest BCUT2D eigenvalue weighted by Gasteiger charge is -2.44. The first-order valence-corrected chi connectivity index (χ1v) is 12.3. The maximum atomic E-state index is 14.0. The molecule has 1 fully saturated rings. The molecule has 1 aliphatic heterocycles. The Kier molecular flexibility index (Phi) is 7.91. The lowest BCUT2D eigenvalue weighted by atomic mass is 9.99. The molecular formula is C22H27F4N5O2S. The van der Waals surface area contributed by atoms with Crippen molar-refractivity contribution in [2.24, 2.45) is 5.92 Å². The first kappa shape index (κ1) is 26.0. The number of benzene rings is 1.